The monoisotopic (exact) mass is 385 g/mol. The van der Waals surface area contributed by atoms with Gasteiger partial charge in [-0.1, -0.05) is 41.9 Å². The number of hydrogen-bond donors (Lipinski definition) is 2. The average molecular weight is 386 g/mol. The van der Waals surface area contributed by atoms with Crippen LogP contribution in [0.2, 0.25) is 5.02 Å². The second-order valence-corrected chi connectivity index (χ2v) is 7.28. The van der Waals surface area contributed by atoms with Crippen molar-refractivity contribution in [1.82, 2.24) is 10.2 Å². The van der Waals surface area contributed by atoms with Gasteiger partial charge in [0, 0.05) is 29.7 Å². The highest BCUT2D eigenvalue weighted by molar-refractivity contribution is 6.30. The number of para-hydroxylation sites is 1. The maximum Gasteiger partial charge on any atom is 0.321 e. The Balaban J connectivity index is 1.47. The fourth-order valence-corrected chi connectivity index (χ4v) is 3.36. The fourth-order valence-electron chi connectivity index (χ4n) is 3.23. The minimum absolute atomic E-state index is 0.0422. The lowest BCUT2D eigenvalue weighted by Crippen LogP contribution is -2.44. The summed E-state index contributed by atoms with van der Waals surface area (Å²) in [6.07, 6.45) is 1.34. The third-order valence-corrected chi connectivity index (χ3v) is 5.16. The maximum absolute atomic E-state index is 12.6. The molecule has 3 rings (SSSR count). The number of amides is 3. The Labute approximate surface area is 164 Å². The number of nitrogens with one attached hydrogen (secondary N) is 2. The van der Waals surface area contributed by atoms with Crippen molar-refractivity contribution in [3.63, 3.8) is 0 Å². The van der Waals surface area contributed by atoms with Gasteiger partial charge in [0.15, 0.2) is 0 Å². The van der Waals surface area contributed by atoms with Crippen LogP contribution in [0.5, 0.6) is 0 Å². The number of piperidine rings is 1. The van der Waals surface area contributed by atoms with Gasteiger partial charge in [0.25, 0.3) is 0 Å². The average Bonchev–Trinajstić information content (AvgIpc) is 2.69. The molecule has 1 saturated heterocycles. The van der Waals surface area contributed by atoms with E-state index >= 15 is 0 Å². The molecule has 0 spiro atoms. The first kappa shape index (κ1) is 19.2. The molecule has 3 amide bonds. The Morgan fingerprint density at radius 3 is 2.30 bits per heavy atom. The molecule has 0 radical (unpaired) electrons. The maximum atomic E-state index is 12.6. The highest BCUT2D eigenvalue weighted by Gasteiger charge is 2.28. The summed E-state index contributed by atoms with van der Waals surface area (Å²) in [7, 11) is 0. The van der Waals surface area contributed by atoms with Crippen molar-refractivity contribution in [3.05, 3.63) is 65.2 Å². The molecule has 5 nitrogen and oxygen atoms in total. The van der Waals surface area contributed by atoms with Gasteiger partial charge in [0.2, 0.25) is 5.91 Å². The van der Waals surface area contributed by atoms with E-state index in [1.807, 2.05) is 61.5 Å². The molecule has 1 aliphatic heterocycles. The molecular formula is C21H24ClN3O2. The van der Waals surface area contributed by atoms with Crippen LogP contribution in [-0.4, -0.2) is 29.9 Å². The molecule has 0 bridgehead atoms. The van der Waals surface area contributed by atoms with Crippen molar-refractivity contribution < 1.29 is 9.59 Å². The van der Waals surface area contributed by atoms with Crippen molar-refractivity contribution in [1.29, 1.82) is 0 Å². The van der Waals surface area contributed by atoms with Gasteiger partial charge in [-0.3, -0.25) is 4.79 Å². The summed E-state index contributed by atoms with van der Waals surface area (Å²) >= 11 is 5.91. The van der Waals surface area contributed by atoms with Crippen LogP contribution in [0.4, 0.5) is 10.5 Å². The summed E-state index contributed by atoms with van der Waals surface area (Å²) in [5.41, 5.74) is 1.80. The smallest absolute Gasteiger partial charge is 0.321 e. The van der Waals surface area contributed by atoms with E-state index in [4.69, 9.17) is 11.6 Å². The molecular weight excluding hydrogens is 362 g/mol. The molecule has 6 heteroatoms. The molecule has 142 valence electrons. The van der Waals surface area contributed by atoms with Crippen molar-refractivity contribution in [2.24, 2.45) is 5.92 Å². The second-order valence-electron chi connectivity index (χ2n) is 6.84. The van der Waals surface area contributed by atoms with E-state index < -0.39 is 0 Å². The lowest BCUT2D eigenvalue weighted by atomic mass is 9.95. The summed E-state index contributed by atoms with van der Waals surface area (Å²) in [5, 5.41) is 6.64. The van der Waals surface area contributed by atoms with E-state index in [0.29, 0.717) is 31.0 Å². The Morgan fingerprint density at radius 2 is 1.67 bits per heavy atom. The standard InChI is InChI=1S/C21H24ClN3O2/c1-15(16-7-9-18(22)10-8-16)23-20(26)17-11-13-25(14-12-17)21(27)24-19-5-3-2-4-6-19/h2-10,15,17H,11-14H2,1H3,(H,23,26)(H,24,27)/t15-/m0/s1. The third-order valence-electron chi connectivity index (χ3n) is 4.91. The molecule has 2 aromatic carbocycles. The predicted octanol–water partition coefficient (Wildman–Crippen LogP) is 4.46. The molecule has 1 heterocycles. The van der Waals surface area contributed by atoms with Crippen molar-refractivity contribution in [3.8, 4) is 0 Å². The van der Waals surface area contributed by atoms with Gasteiger partial charge in [-0.15, -0.1) is 0 Å². The highest BCUT2D eigenvalue weighted by atomic mass is 35.5. The Hall–Kier alpha value is -2.53. The number of urea groups is 1. The number of nitrogens with zero attached hydrogens (tertiary/aromatic N) is 1. The lowest BCUT2D eigenvalue weighted by molar-refractivity contribution is -0.126. The van der Waals surface area contributed by atoms with Crippen LogP contribution in [0.15, 0.2) is 54.6 Å². The van der Waals surface area contributed by atoms with E-state index in [2.05, 4.69) is 10.6 Å². The third kappa shape index (κ3) is 5.23. The minimum atomic E-state index is -0.116. The van der Waals surface area contributed by atoms with E-state index in [9.17, 15) is 9.59 Å². The number of rotatable bonds is 4. The van der Waals surface area contributed by atoms with E-state index in [1.54, 1.807) is 4.90 Å². The van der Waals surface area contributed by atoms with Crippen LogP contribution < -0.4 is 10.6 Å². The number of anilines is 1. The number of halogens is 1. The molecule has 2 N–H and O–H groups in total. The van der Waals surface area contributed by atoms with Gasteiger partial charge in [0.05, 0.1) is 6.04 Å². The molecule has 0 saturated carbocycles. The van der Waals surface area contributed by atoms with Crippen LogP contribution >= 0.6 is 11.6 Å². The second kappa shape index (κ2) is 8.91. The molecule has 1 aliphatic rings. The summed E-state index contributed by atoms with van der Waals surface area (Å²) in [6, 6.07) is 16.7. The van der Waals surface area contributed by atoms with Gasteiger partial charge < -0.3 is 15.5 Å². The van der Waals surface area contributed by atoms with Gasteiger partial charge >= 0.3 is 6.03 Å². The Bertz CT molecular complexity index is 772. The van der Waals surface area contributed by atoms with Crippen molar-refractivity contribution in [2.45, 2.75) is 25.8 Å². The van der Waals surface area contributed by atoms with E-state index in [-0.39, 0.29) is 23.9 Å². The van der Waals surface area contributed by atoms with Gasteiger partial charge in [-0.25, -0.2) is 4.79 Å². The zero-order chi connectivity index (χ0) is 19.2. The van der Waals surface area contributed by atoms with Crippen molar-refractivity contribution in [2.75, 3.05) is 18.4 Å². The Morgan fingerprint density at radius 1 is 1.04 bits per heavy atom. The van der Waals surface area contributed by atoms with Gasteiger partial charge in [-0.2, -0.15) is 0 Å². The summed E-state index contributed by atoms with van der Waals surface area (Å²) in [6.45, 7) is 3.11. The molecule has 1 atom stereocenters. The molecule has 0 aliphatic carbocycles. The largest absolute Gasteiger partial charge is 0.349 e. The normalized spacial score (nSPS) is 15.9. The van der Waals surface area contributed by atoms with Crippen LogP contribution in [0.25, 0.3) is 0 Å². The van der Waals surface area contributed by atoms with Gasteiger partial charge in [-0.05, 0) is 49.6 Å². The number of carbonyl (C=O) groups excluding carboxylic acids is 2. The molecule has 27 heavy (non-hydrogen) atoms. The van der Waals surface area contributed by atoms with Crippen LogP contribution in [0, 0.1) is 5.92 Å². The topological polar surface area (TPSA) is 61.4 Å². The predicted molar refractivity (Wildman–Crippen MR) is 108 cm³/mol. The number of carbonyl (C=O) groups is 2. The first-order valence-electron chi connectivity index (χ1n) is 9.20. The number of hydrogen-bond acceptors (Lipinski definition) is 2. The summed E-state index contributed by atoms with van der Waals surface area (Å²) in [4.78, 5) is 26.7. The zero-order valence-electron chi connectivity index (χ0n) is 15.3. The molecule has 1 fully saturated rings. The molecule has 0 unspecified atom stereocenters. The van der Waals surface area contributed by atoms with Gasteiger partial charge in [0.1, 0.15) is 0 Å². The first-order valence-corrected chi connectivity index (χ1v) is 9.57. The lowest BCUT2D eigenvalue weighted by Gasteiger charge is -2.32. The highest BCUT2D eigenvalue weighted by Crippen LogP contribution is 2.21. The fraction of sp³-hybridized carbons (Fsp3) is 0.333. The Kier molecular flexibility index (Phi) is 6.35. The molecule has 2 aromatic rings. The van der Waals surface area contributed by atoms with Crippen LogP contribution in [0.3, 0.4) is 0 Å². The minimum Gasteiger partial charge on any atom is -0.349 e. The summed E-state index contributed by atoms with van der Waals surface area (Å²) < 4.78 is 0. The van der Waals surface area contributed by atoms with E-state index in [1.165, 1.54) is 0 Å². The van der Waals surface area contributed by atoms with E-state index in [0.717, 1.165) is 11.3 Å². The molecule has 0 aromatic heterocycles. The number of likely N-dealkylation sites (tertiary alicyclic amines) is 1. The van der Waals surface area contributed by atoms with Crippen LogP contribution in [-0.2, 0) is 4.79 Å². The number of benzene rings is 2. The zero-order valence-corrected chi connectivity index (χ0v) is 16.1. The first-order chi connectivity index (χ1) is 13.0. The van der Waals surface area contributed by atoms with Crippen LogP contribution in [0.1, 0.15) is 31.4 Å². The van der Waals surface area contributed by atoms with Crippen molar-refractivity contribution >= 4 is 29.2 Å². The quantitative estimate of drug-likeness (QED) is 0.816. The summed E-state index contributed by atoms with van der Waals surface area (Å²) in [5.74, 6) is -0.0268. The SMILES string of the molecule is C[C@H](NC(=O)C1CCN(C(=O)Nc2ccccc2)CC1)c1ccc(Cl)cc1.